The lowest BCUT2D eigenvalue weighted by Gasteiger charge is -2.37. The molecular weight excluding hydrogens is 528 g/mol. The minimum absolute atomic E-state index is 0.0266. The molecule has 38 heavy (non-hydrogen) atoms. The maximum Gasteiger partial charge on any atom is 0.416 e. The molecular formula is C23H24F8N6O. The topological polar surface area (TPSA) is 87.4 Å². The first kappa shape index (κ1) is 27.8. The van der Waals surface area contributed by atoms with Gasteiger partial charge < -0.3 is 16.0 Å². The summed E-state index contributed by atoms with van der Waals surface area (Å²) in [5, 5.41) is 2.50. The summed E-state index contributed by atoms with van der Waals surface area (Å²) in [5.74, 6) is -10.7. The number of nitrogens with one attached hydrogen (secondary N) is 1. The van der Waals surface area contributed by atoms with Crippen molar-refractivity contribution in [3.05, 3.63) is 47.5 Å². The van der Waals surface area contributed by atoms with Crippen molar-refractivity contribution in [1.82, 2.24) is 14.9 Å². The van der Waals surface area contributed by atoms with Crippen LogP contribution in [0.15, 0.2) is 30.6 Å². The van der Waals surface area contributed by atoms with Gasteiger partial charge in [-0.1, -0.05) is 12.1 Å². The Hall–Kier alpha value is -3.23. The molecule has 0 saturated carbocycles. The van der Waals surface area contributed by atoms with Gasteiger partial charge in [0, 0.05) is 18.9 Å². The van der Waals surface area contributed by atoms with Crippen LogP contribution in [-0.2, 0) is 11.0 Å². The molecule has 1 amide bonds. The third kappa shape index (κ3) is 6.08. The molecule has 2 aromatic rings. The molecule has 3 N–H and O–H groups in total. The first-order valence-electron chi connectivity index (χ1n) is 11.6. The molecule has 1 aromatic heterocycles. The number of amides is 1. The van der Waals surface area contributed by atoms with E-state index in [1.54, 1.807) is 0 Å². The number of aromatic nitrogens is 2. The van der Waals surface area contributed by atoms with Gasteiger partial charge in [-0.3, -0.25) is 9.69 Å². The van der Waals surface area contributed by atoms with E-state index < -0.39 is 85.0 Å². The van der Waals surface area contributed by atoms with Crippen molar-refractivity contribution in [3.63, 3.8) is 0 Å². The highest BCUT2D eigenvalue weighted by atomic mass is 19.4. The van der Waals surface area contributed by atoms with E-state index in [1.807, 2.05) is 0 Å². The van der Waals surface area contributed by atoms with Crippen LogP contribution in [-0.4, -0.2) is 65.3 Å². The van der Waals surface area contributed by atoms with E-state index in [-0.39, 0.29) is 25.1 Å². The van der Waals surface area contributed by atoms with Gasteiger partial charge in [-0.15, -0.1) is 0 Å². The van der Waals surface area contributed by atoms with Crippen LogP contribution in [0, 0.1) is 11.7 Å². The van der Waals surface area contributed by atoms with Gasteiger partial charge in [0.25, 0.3) is 11.8 Å². The molecule has 4 rings (SSSR count). The molecule has 0 aliphatic carbocycles. The highest BCUT2D eigenvalue weighted by molar-refractivity contribution is 5.75. The molecule has 0 radical (unpaired) electrons. The first-order chi connectivity index (χ1) is 17.7. The fourth-order valence-corrected chi connectivity index (χ4v) is 4.80. The summed E-state index contributed by atoms with van der Waals surface area (Å²) in [7, 11) is 0. The highest BCUT2D eigenvalue weighted by Gasteiger charge is 2.48. The van der Waals surface area contributed by atoms with Crippen molar-refractivity contribution in [2.24, 2.45) is 11.7 Å². The molecule has 2 aliphatic rings. The van der Waals surface area contributed by atoms with E-state index in [0.717, 1.165) is 35.5 Å². The van der Waals surface area contributed by atoms with Gasteiger partial charge in [-0.25, -0.2) is 27.5 Å². The summed E-state index contributed by atoms with van der Waals surface area (Å²) < 4.78 is 112. The Kier molecular flexibility index (Phi) is 7.43. The van der Waals surface area contributed by atoms with E-state index >= 15 is 4.39 Å². The van der Waals surface area contributed by atoms with Gasteiger partial charge in [0.1, 0.15) is 6.33 Å². The predicted molar refractivity (Wildman–Crippen MR) is 120 cm³/mol. The SMILES string of the molecule is NC(=O)CN1CCC(CNc2ncnc(N3CC(F)(F)CC3c3ccc(C(F)(F)F)cc3)c2F)C(F)(F)C1. The normalized spacial score (nSPS) is 23.4. The summed E-state index contributed by atoms with van der Waals surface area (Å²) in [6.07, 6.45) is -4.55. The van der Waals surface area contributed by atoms with Crippen LogP contribution in [0.25, 0.3) is 0 Å². The van der Waals surface area contributed by atoms with Gasteiger partial charge in [0.2, 0.25) is 11.7 Å². The molecule has 208 valence electrons. The number of halogens is 8. The number of likely N-dealkylation sites (tertiary alicyclic amines) is 1. The molecule has 2 unspecified atom stereocenters. The van der Waals surface area contributed by atoms with Crippen molar-refractivity contribution >= 4 is 17.5 Å². The Labute approximate surface area is 212 Å². The van der Waals surface area contributed by atoms with E-state index in [4.69, 9.17) is 5.73 Å². The summed E-state index contributed by atoms with van der Waals surface area (Å²) in [6.45, 7) is -2.22. The molecule has 1 aromatic carbocycles. The number of piperidine rings is 1. The van der Waals surface area contributed by atoms with Gasteiger partial charge in [-0.2, -0.15) is 17.6 Å². The average Bonchev–Trinajstić information content (AvgIpc) is 3.13. The van der Waals surface area contributed by atoms with E-state index in [0.29, 0.717) is 0 Å². The third-order valence-electron chi connectivity index (χ3n) is 6.66. The number of carbonyl (C=O) groups excluding carboxylic acids is 1. The van der Waals surface area contributed by atoms with Gasteiger partial charge in [-0.05, 0) is 30.7 Å². The standard InChI is InChI=1S/C23H24F8N6O/c24-18-19(33-8-15-5-6-36(9-17(32)38)11-22(15,27)28)34-12-35-20(18)37-10-21(25,26)7-16(37)13-1-3-14(4-2-13)23(29,30)31/h1-4,12,15-16H,5-11H2,(H2,32,38)(H,33,34,35). The number of benzene rings is 1. The van der Waals surface area contributed by atoms with Crippen LogP contribution < -0.4 is 16.0 Å². The van der Waals surface area contributed by atoms with Crippen molar-refractivity contribution in [2.45, 2.75) is 36.9 Å². The Morgan fingerprint density at radius 1 is 1.11 bits per heavy atom. The van der Waals surface area contributed by atoms with E-state index in [2.05, 4.69) is 15.3 Å². The second-order valence-corrected chi connectivity index (χ2v) is 9.49. The number of nitrogens with zero attached hydrogens (tertiary/aromatic N) is 4. The zero-order chi connectivity index (χ0) is 27.9. The fourth-order valence-electron chi connectivity index (χ4n) is 4.80. The number of carbonyl (C=O) groups is 1. The number of anilines is 2. The molecule has 0 spiro atoms. The zero-order valence-corrected chi connectivity index (χ0v) is 19.8. The fraction of sp³-hybridized carbons (Fsp3) is 0.522. The van der Waals surface area contributed by atoms with Gasteiger partial charge >= 0.3 is 6.18 Å². The molecule has 7 nitrogen and oxygen atoms in total. The number of rotatable bonds is 7. The number of primary amides is 1. The van der Waals surface area contributed by atoms with Crippen LogP contribution >= 0.6 is 0 Å². The smallest absolute Gasteiger partial charge is 0.369 e. The van der Waals surface area contributed by atoms with Gasteiger partial charge in [0.15, 0.2) is 11.6 Å². The second kappa shape index (κ2) is 10.2. The van der Waals surface area contributed by atoms with E-state index in [9.17, 15) is 35.5 Å². The van der Waals surface area contributed by atoms with Crippen molar-refractivity contribution in [1.29, 1.82) is 0 Å². The monoisotopic (exact) mass is 552 g/mol. The number of hydrogen-bond donors (Lipinski definition) is 2. The summed E-state index contributed by atoms with van der Waals surface area (Å²) in [5.41, 5.74) is 4.20. The quantitative estimate of drug-likeness (QED) is 0.504. The first-order valence-corrected chi connectivity index (χ1v) is 11.6. The zero-order valence-electron chi connectivity index (χ0n) is 19.8. The minimum Gasteiger partial charge on any atom is -0.369 e. The second-order valence-electron chi connectivity index (χ2n) is 9.49. The molecule has 2 fully saturated rings. The maximum atomic E-state index is 15.4. The predicted octanol–water partition coefficient (Wildman–Crippen LogP) is 4.08. The summed E-state index contributed by atoms with van der Waals surface area (Å²) in [4.78, 5) is 20.7. The lowest BCUT2D eigenvalue weighted by molar-refractivity contribution is -0.137. The van der Waals surface area contributed by atoms with Crippen LogP contribution in [0.2, 0.25) is 0 Å². The molecule has 2 aliphatic heterocycles. The Morgan fingerprint density at radius 2 is 1.79 bits per heavy atom. The summed E-state index contributed by atoms with van der Waals surface area (Å²) >= 11 is 0. The lowest BCUT2D eigenvalue weighted by atomic mass is 9.92. The Balaban J connectivity index is 1.52. The van der Waals surface area contributed by atoms with Crippen molar-refractivity contribution in [2.75, 3.05) is 42.9 Å². The van der Waals surface area contributed by atoms with Gasteiger partial charge in [0.05, 0.1) is 31.2 Å². The molecule has 0 bridgehead atoms. The Bertz CT molecular complexity index is 1160. The molecule has 15 heteroatoms. The average molecular weight is 552 g/mol. The largest absolute Gasteiger partial charge is 0.416 e. The van der Waals surface area contributed by atoms with Crippen LogP contribution in [0.5, 0.6) is 0 Å². The van der Waals surface area contributed by atoms with E-state index in [1.165, 1.54) is 4.90 Å². The molecule has 2 atom stereocenters. The molecule has 3 heterocycles. The third-order valence-corrected chi connectivity index (χ3v) is 6.66. The number of hydrogen-bond acceptors (Lipinski definition) is 6. The number of nitrogens with two attached hydrogens (primary N) is 1. The molecule has 2 saturated heterocycles. The highest BCUT2D eigenvalue weighted by Crippen LogP contribution is 2.44. The van der Waals surface area contributed by atoms with Crippen LogP contribution in [0.3, 0.4) is 0 Å². The van der Waals surface area contributed by atoms with Crippen molar-refractivity contribution in [3.8, 4) is 0 Å². The van der Waals surface area contributed by atoms with Crippen LogP contribution in [0.4, 0.5) is 46.8 Å². The maximum absolute atomic E-state index is 15.4. The summed E-state index contributed by atoms with van der Waals surface area (Å²) in [6, 6.07) is 2.41. The number of alkyl halides is 7. The van der Waals surface area contributed by atoms with Crippen molar-refractivity contribution < 1.29 is 39.9 Å². The van der Waals surface area contributed by atoms with Crippen LogP contribution in [0.1, 0.15) is 30.0 Å². The Morgan fingerprint density at radius 3 is 2.39 bits per heavy atom. The minimum atomic E-state index is -4.62. The lowest BCUT2D eigenvalue weighted by Crippen LogP contribution is -2.52.